The lowest BCUT2D eigenvalue weighted by Gasteiger charge is -2.37. The van der Waals surface area contributed by atoms with Crippen molar-refractivity contribution in [3.63, 3.8) is 0 Å². The molecule has 2 aliphatic rings. The molecule has 0 saturated carbocycles. The molecule has 6 heteroatoms. The Labute approximate surface area is 182 Å². The molecular formula is C25H27N3O3. The van der Waals surface area contributed by atoms with E-state index in [1.807, 2.05) is 30.3 Å². The zero-order valence-corrected chi connectivity index (χ0v) is 18.1. The van der Waals surface area contributed by atoms with Gasteiger partial charge in [-0.3, -0.25) is 14.4 Å². The van der Waals surface area contributed by atoms with Gasteiger partial charge in [0.25, 0.3) is 11.8 Å². The van der Waals surface area contributed by atoms with Crippen LogP contribution in [-0.2, 0) is 14.4 Å². The average Bonchev–Trinajstić information content (AvgIpc) is 2.98. The van der Waals surface area contributed by atoms with Crippen molar-refractivity contribution in [1.82, 2.24) is 4.90 Å². The molecule has 160 valence electrons. The van der Waals surface area contributed by atoms with Gasteiger partial charge in [-0.2, -0.15) is 0 Å². The molecular weight excluding hydrogens is 390 g/mol. The van der Waals surface area contributed by atoms with Crippen LogP contribution in [0.1, 0.15) is 32.8 Å². The summed E-state index contributed by atoms with van der Waals surface area (Å²) in [5.74, 6) is 0.107. The Kier molecular flexibility index (Phi) is 5.63. The second kappa shape index (κ2) is 8.38. The number of nitrogens with one attached hydrogen (secondary N) is 1. The number of hydrogen-bond donors (Lipinski definition) is 1. The van der Waals surface area contributed by atoms with Crippen LogP contribution in [0.25, 0.3) is 5.57 Å². The van der Waals surface area contributed by atoms with Crippen molar-refractivity contribution < 1.29 is 14.4 Å². The summed E-state index contributed by atoms with van der Waals surface area (Å²) < 4.78 is 0. The molecule has 0 spiro atoms. The highest BCUT2D eigenvalue weighted by molar-refractivity contribution is 6.45. The number of carbonyl (C=O) groups excluding carboxylic acids is 3. The SMILES string of the molecule is CC(=O)Nc1ccc(N2C(=O)C(c3ccccc3)=C(N3CC(C)CC(C)C3)C2=O)cc1. The second-order valence-corrected chi connectivity index (χ2v) is 8.61. The number of carbonyl (C=O) groups is 3. The third-order valence-corrected chi connectivity index (χ3v) is 5.75. The van der Waals surface area contributed by atoms with E-state index in [1.165, 1.54) is 11.8 Å². The zero-order valence-electron chi connectivity index (χ0n) is 18.1. The van der Waals surface area contributed by atoms with Crippen molar-refractivity contribution in [2.45, 2.75) is 27.2 Å². The Morgan fingerprint density at radius 2 is 1.52 bits per heavy atom. The summed E-state index contributed by atoms with van der Waals surface area (Å²) in [4.78, 5) is 41.8. The van der Waals surface area contributed by atoms with E-state index in [2.05, 4.69) is 24.1 Å². The lowest BCUT2D eigenvalue weighted by Crippen LogP contribution is -2.42. The van der Waals surface area contributed by atoms with E-state index in [-0.39, 0.29) is 17.7 Å². The van der Waals surface area contributed by atoms with Crippen LogP contribution >= 0.6 is 0 Å². The van der Waals surface area contributed by atoms with Crippen molar-refractivity contribution >= 4 is 34.7 Å². The third-order valence-electron chi connectivity index (χ3n) is 5.75. The van der Waals surface area contributed by atoms with E-state index in [0.29, 0.717) is 34.5 Å². The molecule has 2 unspecified atom stereocenters. The maximum atomic E-state index is 13.6. The fraction of sp³-hybridized carbons (Fsp3) is 0.320. The highest BCUT2D eigenvalue weighted by Crippen LogP contribution is 2.37. The van der Waals surface area contributed by atoms with E-state index in [1.54, 1.807) is 24.3 Å². The summed E-state index contributed by atoms with van der Waals surface area (Å²) >= 11 is 0. The summed E-state index contributed by atoms with van der Waals surface area (Å²) in [7, 11) is 0. The van der Waals surface area contributed by atoms with Crippen molar-refractivity contribution in [2.24, 2.45) is 11.8 Å². The van der Waals surface area contributed by atoms with Crippen LogP contribution in [0.2, 0.25) is 0 Å². The first-order valence-corrected chi connectivity index (χ1v) is 10.7. The lowest BCUT2D eigenvalue weighted by atomic mass is 9.91. The first kappa shape index (κ1) is 20.8. The highest BCUT2D eigenvalue weighted by Gasteiger charge is 2.43. The maximum Gasteiger partial charge on any atom is 0.282 e. The molecule has 6 nitrogen and oxygen atoms in total. The summed E-state index contributed by atoms with van der Waals surface area (Å²) in [6.07, 6.45) is 1.11. The normalized spacial score (nSPS) is 21.6. The molecule has 0 aliphatic carbocycles. The summed E-state index contributed by atoms with van der Waals surface area (Å²) in [5.41, 5.74) is 2.80. The van der Waals surface area contributed by atoms with Gasteiger partial charge in [0.05, 0.1) is 11.3 Å². The van der Waals surface area contributed by atoms with Gasteiger partial charge in [0.15, 0.2) is 0 Å². The van der Waals surface area contributed by atoms with Crippen LogP contribution in [0.3, 0.4) is 0 Å². The van der Waals surface area contributed by atoms with E-state index in [9.17, 15) is 14.4 Å². The van der Waals surface area contributed by atoms with E-state index < -0.39 is 0 Å². The van der Waals surface area contributed by atoms with Gasteiger partial charge in [-0.15, -0.1) is 0 Å². The quantitative estimate of drug-likeness (QED) is 0.766. The molecule has 31 heavy (non-hydrogen) atoms. The summed E-state index contributed by atoms with van der Waals surface area (Å²) in [6, 6.07) is 16.2. The fourth-order valence-corrected chi connectivity index (χ4v) is 4.65. The average molecular weight is 418 g/mol. The van der Waals surface area contributed by atoms with E-state index in [4.69, 9.17) is 0 Å². The van der Waals surface area contributed by atoms with Crippen molar-refractivity contribution in [3.8, 4) is 0 Å². The van der Waals surface area contributed by atoms with Gasteiger partial charge in [0, 0.05) is 25.7 Å². The lowest BCUT2D eigenvalue weighted by molar-refractivity contribution is -0.121. The topological polar surface area (TPSA) is 69.7 Å². The van der Waals surface area contributed by atoms with Crippen molar-refractivity contribution in [2.75, 3.05) is 23.3 Å². The van der Waals surface area contributed by atoms with Crippen molar-refractivity contribution in [1.29, 1.82) is 0 Å². The fourth-order valence-electron chi connectivity index (χ4n) is 4.65. The molecule has 0 radical (unpaired) electrons. The van der Waals surface area contributed by atoms with Gasteiger partial charge in [-0.05, 0) is 48.1 Å². The predicted octanol–water partition coefficient (Wildman–Crippen LogP) is 3.91. The van der Waals surface area contributed by atoms with Crippen LogP contribution in [0.15, 0.2) is 60.3 Å². The van der Waals surface area contributed by atoms with Crippen LogP contribution in [0, 0.1) is 11.8 Å². The largest absolute Gasteiger partial charge is 0.366 e. The maximum absolute atomic E-state index is 13.6. The van der Waals surface area contributed by atoms with E-state index in [0.717, 1.165) is 25.1 Å². The van der Waals surface area contributed by atoms with E-state index >= 15 is 0 Å². The zero-order chi connectivity index (χ0) is 22.1. The molecule has 1 saturated heterocycles. The molecule has 3 amide bonds. The number of hydrogen-bond acceptors (Lipinski definition) is 4. The molecule has 2 heterocycles. The summed E-state index contributed by atoms with van der Waals surface area (Å²) in [5, 5.41) is 2.70. The minimum Gasteiger partial charge on any atom is -0.366 e. The minimum absolute atomic E-state index is 0.176. The molecule has 0 aromatic heterocycles. The number of nitrogens with zero attached hydrogens (tertiary/aromatic N) is 2. The number of amides is 3. The Morgan fingerprint density at radius 3 is 2.10 bits per heavy atom. The highest BCUT2D eigenvalue weighted by atomic mass is 16.2. The number of benzene rings is 2. The third kappa shape index (κ3) is 4.10. The molecule has 2 aromatic rings. The number of piperidine rings is 1. The van der Waals surface area contributed by atoms with Gasteiger partial charge in [0.1, 0.15) is 5.70 Å². The Bertz CT molecular complexity index is 1030. The number of likely N-dealkylation sites (tertiary alicyclic amines) is 1. The monoisotopic (exact) mass is 417 g/mol. The number of rotatable bonds is 4. The van der Waals surface area contributed by atoms with Gasteiger partial charge in [0.2, 0.25) is 5.91 Å². The molecule has 2 atom stereocenters. The van der Waals surface area contributed by atoms with Crippen LogP contribution in [0.4, 0.5) is 11.4 Å². The molecule has 1 N–H and O–H groups in total. The smallest absolute Gasteiger partial charge is 0.282 e. The van der Waals surface area contributed by atoms with Gasteiger partial charge in [-0.1, -0.05) is 44.2 Å². The van der Waals surface area contributed by atoms with Gasteiger partial charge in [-0.25, -0.2) is 4.90 Å². The standard InChI is InChI=1S/C25H27N3O3/c1-16-13-17(2)15-27(14-16)23-22(19-7-5-4-6-8-19)24(30)28(25(23)31)21-11-9-20(10-12-21)26-18(3)29/h4-12,16-17H,13-15H2,1-3H3,(H,26,29). The molecule has 4 rings (SSSR count). The molecule has 2 aliphatic heterocycles. The van der Waals surface area contributed by atoms with Gasteiger partial charge < -0.3 is 10.2 Å². The molecule has 2 aromatic carbocycles. The van der Waals surface area contributed by atoms with Crippen LogP contribution in [0.5, 0.6) is 0 Å². The molecule has 0 bridgehead atoms. The molecule has 1 fully saturated rings. The van der Waals surface area contributed by atoms with Crippen LogP contribution < -0.4 is 10.2 Å². The van der Waals surface area contributed by atoms with Gasteiger partial charge >= 0.3 is 0 Å². The van der Waals surface area contributed by atoms with Crippen molar-refractivity contribution in [3.05, 3.63) is 65.9 Å². The minimum atomic E-state index is -0.315. The number of anilines is 2. The second-order valence-electron chi connectivity index (χ2n) is 8.61. The predicted molar refractivity (Wildman–Crippen MR) is 121 cm³/mol. The Hall–Kier alpha value is -3.41. The number of imide groups is 1. The Morgan fingerprint density at radius 1 is 0.903 bits per heavy atom. The van der Waals surface area contributed by atoms with Crippen LogP contribution in [-0.4, -0.2) is 35.7 Å². The first-order chi connectivity index (χ1) is 14.8. The summed E-state index contributed by atoms with van der Waals surface area (Å²) in [6.45, 7) is 7.31. The Balaban J connectivity index is 1.75. The first-order valence-electron chi connectivity index (χ1n) is 10.7.